The number of amides is 3. The number of primary amides is 1. The largest absolute Gasteiger partial charge is 0.369 e. The third-order valence-corrected chi connectivity index (χ3v) is 5.35. The second-order valence-corrected chi connectivity index (χ2v) is 7.60. The Morgan fingerprint density at radius 3 is 2.58 bits per heavy atom. The number of halogens is 1. The Bertz CT molecular complexity index is 720. The molecule has 1 aromatic carbocycles. The van der Waals surface area contributed by atoms with Gasteiger partial charge in [-0.1, -0.05) is 55.8 Å². The zero-order valence-corrected chi connectivity index (χ0v) is 15.9. The minimum Gasteiger partial charge on any atom is -0.369 e. The number of benzene rings is 1. The lowest BCUT2D eigenvalue weighted by Crippen LogP contribution is -2.57. The summed E-state index contributed by atoms with van der Waals surface area (Å²) < 4.78 is 0. The molecule has 3 N–H and O–H groups in total. The Morgan fingerprint density at radius 2 is 1.96 bits per heavy atom. The molecule has 1 saturated heterocycles. The monoisotopic (exact) mass is 376 g/mol. The van der Waals surface area contributed by atoms with Crippen LogP contribution in [0.15, 0.2) is 35.5 Å². The zero-order valence-electron chi connectivity index (χ0n) is 15.1. The van der Waals surface area contributed by atoms with Gasteiger partial charge in [0.2, 0.25) is 5.91 Å². The smallest absolute Gasteiger partial charge is 0.317 e. The highest BCUT2D eigenvalue weighted by Crippen LogP contribution is 2.43. The van der Waals surface area contributed by atoms with Crippen molar-refractivity contribution in [1.82, 2.24) is 15.1 Å². The Hall–Kier alpha value is -2.21. The SMILES string of the molecule is CC(C)CNC(=O)N1CCN2C(Cl)=C(c3ccccc3)C(C(N)=O)C2C1. The van der Waals surface area contributed by atoms with Crippen LogP contribution < -0.4 is 11.1 Å². The number of piperazine rings is 1. The summed E-state index contributed by atoms with van der Waals surface area (Å²) in [7, 11) is 0. The highest BCUT2D eigenvalue weighted by atomic mass is 35.5. The predicted molar refractivity (Wildman–Crippen MR) is 102 cm³/mol. The highest BCUT2D eigenvalue weighted by molar-refractivity contribution is 6.33. The number of nitrogens with two attached hydrogens (primary N) is 1. The van der Waals surface area contributed by atoms with Crippen LogP contribution in [0.5, 0.6) is 0 Å². The molecule has 3 amide bonds. The maximum Gasteiger partial charge on any atom is 0.317 e. The molecule has 2 aliphatic heterocycles. The van der Waals surface area contributed by atoms with E-state index in [1.54, 1.807) is 4.90 Å². The fraction of sp³-hybridized carbons (Fsp3) is 0.474. The van der Waals surface area contributed by atoms with Gasteiger partial charge in [-0.25, -0.2) is 4.79 Å². The molecule has 0 spiro atoms. The van der Waals surface area contributed by atoms with Crippen molar-refractivity contribution in [3.8, 4) is 0 Å². The highest BCUT2D eigenvalue weighted by Gasteiger charge is 2.46. The predicted octanol–water partition coefficient (Wildman–Crippen LogP) is 2.06. The van der Waals surface area contributed by atoms with Crippen molar-refractivity contribution in [3.63, 3.8) is 0 Å². The van der Waals surface area contributed by atoms with Gasteiger partial charge in [-0.2, -0.15) is 0 Å². The van der Waals surface area contributed by atoms with Crippen LogP contribution in [0.25, 0.3) is 5.57 Å². The van der Waals surface area contributed by atoms with Crippen LogP contribution in [0.1, 0.15) is 19.4 Å². The molecule has 3 rings (SSSR count). The van der Waals surface area contributed by atoms with E-state index in [2.05, 4.69) is 5.32 Å². The second kappa shape index (κ2) is 7.58. The number of hydrogen-bond acceptors (Lipinski definition) is 3. The van der Waals surface area contributed by atoms with Gasteiger partial charge in [0.25, 0.3) is 0 Å². The van der Waals surface area contributed by atoms with Gasteiger partial charge in [-0.15, -0.1) is 0 Å². The number of hydrogen-bond donors (Lipinski definition) is 2. The molecule has 6 nitrogen and oxygen atoms in total. The van der Waals surface area contributed by atoms with Gasteiger partial charge in [0.05, 0.1) is 12.0 Å². The van der Waals surface area contributed by atoms with Crippen molar-refractivity contribution < 1.29 is 9.59 Å². The normalized spacial score (nSPS) is 22.6. The number of carbonyl (C=O) groups excluding carboxylic acids is 2. The molecule has 2 aliphatic rings. The number of nitrogens with one attached hydrogen (secondary N) is 1. The molecule has 2 unspecified atom stereocenters. The number of carbonyl (C=O) groups is 2. The topological polar surface area (TPSA) is 78.7 Å². The summed E-state index contributed by atoms with van der Waals surface area (Å²) >= 11 is 6.63. The summed E-state index contributed by atoms with van der Waals surface area (Å²) in [6.07, 6.45) is 0. The second-order valence-electron chi connectivity index (χ2n) is 7.24. The molecule has 2 heterocycles. The molecule has 140 valence electrons. The number of nitrogens with zero attached hydrogens (tertiary/aromatic N) is 2. The van der Waals surface area contributed by atoms with Crippen LogP contribution in [0.3, 0.4) is 0 Å². The molecule has 0 radical (unpaired) electrons. The molecule has 0 saturated carbocycles. The number of rotatable bonds is 4. The first-order valence-corrected chi connectivity index (χ1v) is 9.31. The summed E-state index contributed by atoms with van der Waals surface area (Å²) in [6.45, 7) is 6.28. The molecule has 2 atom stereocenters. The molecular formula is C19H25ClN4O2. The maximum absolute atomic E-state index is 12.4. The van der Waals surface area contributed by atoms with Crippen molar-refractivity contribution in [1.29, 1.82) is 0 Å². The Morgan fingerprint density at radius 1 is 1.27 bits per heavy atom. The van der Waals surface area contributed by atoms with Crippen LogP contribution in [0, 0.1) is 11.8 Å². The van der Waals surface area contributed by atoms with Crippen LogP contribution in [0.2, 0.25) is 0 Å². The first-order chi connectivity index (χ1) is 12.4. The third kappa shape index (κ3) is 3.51. The Kier molecular flexibility index (Phi) is 5.41. The van der Waals surface area contributed by atoms with Gasteiger partial charge >= 0.3 is 6.03 Å². The Balaban J connectivity index is 1.83. The van der Waals surface area contributed by atoms with E-state index >= 15 is 0 Å². The van der Waals surface area contributed by atoms with Crippen LogP contribution in [-0.4, -0.2) is 54.0 Å². The Labute approximate surface area is 159 Å². The van der Waals surface area contributed by atoms with E-state index in [9.17, 15) is 9.59 Å². The van der Waals surface area contributed by atoms with Gasteiger partial charge < -0.3 is 20.9 Å². The van der Waals surface area contributed by atoms with Crippen molar-refractivity contribution >= 4 is 29.1 Å². The molecule has 26 heavy (non-hydrogen) atoms. The van der Waals surface area contributed by atoms with Crippen LogP contribution >= 0.6 is 11.6 Å². The molecule has 0 aromatic heterocycles. The summed E-state index contributed by atoms with van der Waals surface area (Å²) in [6, 6.07) is 9.26. The first-order valence-electron chi connectivity index (χ1n) is 8.94. The van der Waals surface area contributed by atoms with E-state index in [1.807, 2.05) is 49.1 Å². The minimum absolute atomic E-state index is 0.106. The lowest BCUT2D eigenvalue weighted by atomic mass is 9.88. The third-order valence-electron chi connectivity index (χ3n) is 4.93. The van der Waals surface area contributed by atoms with E-state index < -0.39 is 11.8 Å². The quantitative estimate of drug-likeness (QED) is 0.789. The fourth-order valence-corrected chi connectivity index (χ4v) is 4.09. The zero-order chi connectivity index (χ0) is 18.8. The molecule has 0 bridgehead atoms. The maximum atomic E-state index is 12.4. The summed E-state index contributed by atoms with van der Waals surface area (Å²) in [5.74, 6) is -0.574. The average Bonchev–Trinajstić information content (AvgIpc) is 2.92. The van der Waals surface area contributed by atoms with Crippen molar-refractivity contribution in [2.75, 3.05) is 26.2 Å². The lowest BCUT2D eigenvalue weighted by molar-refractivity contribution is -0.121. The standard InChI is InChI=1S/C19H25ClN4O2/c1-12(2)10-22-19(26)23-8-9-24-14(11-23)16(18(21)25)15(17(24)20)13-6-4-3-5-7-13/h3-7,12,14,16H,8-11H2,1-2H3,(H2,21,25)(H,22,26). The summed E-state index contributed by atoms with van der Waals surface area (Å²) in [5, 5.41) is 3.50. The average molecular weight is 377 g/mol. The molecule has 1 fully saturated rings. The number of fused-ring (bicyclic) bond motifs is 1. The van der Waals surface area contributed by atoms with Crippen molar-refractivity contribution in [3.05, 3.63) is 41.1 Å². The summed E-state index contributed by atoms with van der Waals surface area (Å²) in [5.41, 5.74) is 7.39. The minimum atomic E-state index is -0.536. The van der Waals surface area contributed by atoms with E-state index in [0.29, 0.717) is 37.3 Å². The van der Waals surface area contributed by atoms with Gasteiger partial charge in [0.15, 0.2) is 0 Å². The van der Waals surface area contributed by atoms with Gasteiger partial charge in [0.1, 0.15) is 5.16 Å². The first kappa shape index (κ1) is 18.6. The van der Waals surface area contributed by atoms with Gasteiger partial charge in [0, 0.05) is 31.8 Å². The fourth-order valence-electron chi connectivity index (χ4n) is 3.65. The van der Waals surface area contributed by atoms with E-state index in [-0.39, 0.29) is 12.1 Å². The van der Waals surface area contributed by atoms with Crippen molar-refractivity contribution in [2.24, 2.45) is 17.6 Å². The molecule has 1 aromatic rings. The number of urea groups is 1. The molecule has 7 heteroatoms. The van der Waals surface area contributed by atoms with Crippen LogP contribution in [0.4, 0.5) is 4.79 Å². The van der Waals surface area contributed by atoms with E-state index in [4.69, 9.17) is 17.3 Å². The lowest BCUT2D eigenvalue weighted by Gasteiger charge is -2.40. The van der Waals surface area contributed by atoms with Crippen molar-refractivity contribution in [2.45, 2.75) is 19.9 Å². The summed E-state index contributed by atoms with van der Waals surface area (Å²) in [4.78, 5) is 28.4. The molecule has 0 aliphatic carbocycles. The molecular weight excluding hydrogens is 352 g/mol. The van der Waals surface area contributed by atoms with Gasteiger partial charge in [-0.05, 0) is 11.5 Å². The van der Waals surface area contributed by atoms with Gasteiger partial charge in [-0.3, -0.25) is 4.79 Å². The van der Waals surface area contributed by atoms with E-state index in [0.717, 1.165) is 11.1 Å². The van der Waals surface area contributed by atoms with E-state index in [1.165, 1.54) is 0 Å². The van der Waals surface area contributed by atoms with Crippen LogP contribution in [-0.2, 0) is 4.79 Å².